The molecule has 1 N–H and O–H groups in total. The lowest BCUT2D eigenvalue weighted by molar-refractivity contribution is 0.324. The molecule has 19 heavy (non-hydrogen) atoms. The van der Waals surface area contributed by atoms with Crippen molar-refractivity contribution in [2.45, 2.75) is 32.9 Å². The van der Waals surface area contributed by atoms with Crippen molar-refractivity contribution in [3.63, 3.8) is 0 Å². The van der Waals surface area contributed by atoms with Gasteiger partial charge in [0.05, 0.1) is 7.11 Å². The molecule has 0 aliphatic carbocycles. The summed E-state index contributed by atoms with van der Waals surface area (Å²) in [7, 11) is 1.64. The first-order chi connectivity index (χ1) is 8.81. The maximum atomic E-state index is 5.66. The van der Waals surface area contributed by atoms with Gasteiger partial charge in [-0.2, -0.15) is 0 Å². The molecular weight excluding hydrogens is 306 g/mol. The van der Waals surface area contributed by atoms with E-state index in [1.165, 1.54) is 0 Å². The normalized spacial score (nSPS) is 11.2. The molecule has 1 rings (SSSR count). The molecule has 106 valence electrons. The van der Waals surface area contributed by atoms with Gasteiger partial charge >= 0.3 is 0 Å². The molecular formula is C15H22BrNO2. The van der Waals surface area contributed by atoms with Crippen molar-refractivity contribution >= 4 is 15.9 Å². The molecule has 0 saturated carbocycles. The van der Waals surface area contributed by atoms with Gasteiger partial charge in [0, 0.05) is 16.6 Å². The Morgan fingerprint density at radius 2 is 2.00 bits per heavy atom. The molecule has 0 unspecified atom stereocenters. The topological polar surface area (TPSA) is 30.5 Å². The summed E-state index contributed by atoms with van der Waals surface area (Å²) in [5, 5.41) is 3.44. The number of hydrogen-bond acceptors (Lipinski definition) is 3. The number of rotatable bonds is 6. The predicted octanol–water partition coefficient (Wildman–Crippen LogP) is 3.87. The first kappa shape index (κ1) is 16.1. The van der Waals surface area contributed by atoms with Crippen LogP contribution in [0.5, 0.6) is 11.5 Å². The van der Waals surface area contributed by atoms with Gasteiger partial charge in [-0.3, -0.25) is 0 Å². The van der Waals surface area contributed by atoms with E-state index >= 15 is 0 Å². The lowest BCUT2D eigenvalue weighted by Gasteiger charge is -2.21. The molecule has 0 fully saturated rings. The third kappa shape index (κ3) is 6.12. The highest BCUT2D eigenvalue weighted by molar-refractivity contribution is 9.11. The van der Waals surface area contributed by atoms with Crippen LogP contribution in [0.2, 0.25) is 0 Å². The quantitative estimate of drug-likeness (QED) is 0.860. The highest BCUT2D eigenvalue weighted by Crippen LogP contribution is 2.28. The molecule has 1 aromatic carbocycles. The largest absolute Gasteiger partial charge is 0.493 e. The average molecular weight is 328 g/mol. The van der Waals surface area contributed by atoms with Gasteiger partial charge in [0.25, 0.3) is 0 Å². The third-order valence-electron chi connectivity index (χ3n) is 2.44. The zero-order chi connectivity index (χ0) is 14.5. The van der Waals surface area contributed by atoms with Crippen molar-refractivity contribution < 1.29 is 9.47 Å². The van der Waals surface area contributed by atoms with Crippen LogP contribution < -0.4 is 14.8 Å². The van der Waals surface area contributed by atoms with Crippen LogP contribution in [0, 0.1) is 0 Å². The van der Waals surface area contributed by atoms with Crippen LogP contribution >= 0.6 is 15.9 Å². The molecule has 0 spiro atoms. The molecule has 0 heterocycles. The van der Waals surface area contributed by atoms with Gasteiger partial charge in [0.1, 0.15) is 6.61 Å². The Morgan fingerprint density at radius 3 is 2.53 bits per heavy atom. The van der Waals surface area contributed by atoms with Crippen molar-refractivity contribution in [2.75, 3.05) is 13.7 Å². The highest BCUT2D eigenvalue weighted by Gasteiger charge is 2.10. The first-order valence-electron chi connectivity index (χ1n) is 6.20. The predicted molar refractivity (Wildman–Crippen MR) is 83.1 cm³/mol. The van der Waals surface area contributed by atoms with Gasteiger partial charge in [-0.25, -0.2) is 0 Å². The summed E-state index contributed by atoms with van der Waals surface area (Å²) in [4.78, 5) is 0. The Morgan fingerprint density at radius 1 is 1.32 bits per heavy atom. The van der Waals surface area contributed by atoms with E-state index in [1.54, 1.807) is 7.11 Å². The van der Waals surface area contributed by atoms with Crippen LogP contribution in [-0.2, 0) is 6.54 Å². The van der Waals surface area contributed by atoms with E-state index in [-0.39, 0.29) is 5.54 Å². The highest BCUT2D eigenvalue weighted by atomic mass is 79.9. The summed E-state index contributed by atoms with van der Waals surface area (Å²) in [6.07, 6.45) is 0. The van der Waals surface area contributed by atoms with Gasteiger partial charge in [0.15, 0.2) is 11.5 Å². The Hall–Kier alpha value is -1.00. The monoisotopic (exact) mass is 327 g/mol. The van der Waals surface area contributed by atoms with Crippen molar-refractivity contribution in [3.8, 4) is 11.5 Å². The fraction of sp³-hybridized carbons (Fsp3) is 0.467. The van der Waals surface area contributed by atoms with Crippen LogP contribution in [0.15, 0.2) is 29.3 Å². The maximum Gasteiger partial charge on any atom is 0.162 e. The second kappa shape index (κ2) is 6.96. The van der Waals surface area contributed by atoms with Crippen molar-refractivity contribution in [1.29, 1.82) is 0 Å². The number of ether oxygens (including phenoxy) is 2. The van der Waals surface area contributed by atoms with Crippen molar-refractivity contribution in [1.82, 2.24) is 5.32 Å². The molecule has 0 bridgehead atoms. The molecule has 0 aliphatic rings. The fourth-order valence-corrected chi connectivity index (χ4v) is 1.58. The first-order valence-corrected chi connectivity index (χ1v) is 6.99. The van der Waals surface area contributed by atoms with E-state index in [0.717, 1.165) is 28.1 Å². The summed E-state index contributed by atoms with van der Waals surface area (Å²) < 4.78 is 11.7. The van der Waals surface area contributed by atoms with E-state index in [0.29, 0.717) is 6.61 Å². The summed E-state index contributed by atoms with van der Waals surface area (Å²) in [5.41, 5.74) is 1.25. The average Bonchev–Trinajstić information content (AvgIpc) is 2.33. The Balaban J connectivity index is 2.79. The zero-order valence-electron chi connectivity index (χ0n) is 12.0. The number of nitrogens with one attached hydrogen (secondary N) is 1. The summed E-state index contributed by atoms with van der Waals surface area (Å²) in [5.74, 6) is 1.46. The minimum absolute atomic E-state index is 0.0884. The smallest absolute Gasteiger partial charge is 0.162 e. The molecule has 3 nitrogen and oxygen atoms in total. The van der Waals surface area contributed by atoms with E-state index < -0.39 is 0 Å². The van der Waals surface area contributed by atoms with Gasteiger partial charge in [-0.05, 0) is 38.5 Å². The molecule has 0 saturated heterocycles. The lowest BCUT2D eigenvalue weighted by Crippen LogP contribution is -2.35. The third-order valence-corrected chi connectivity index (χ3v) is 2.66. The van der Waals surface area contributed by atoms with Crippen LogP contribution in [-0.4, -0.2) is 19.3 Å². The fourth-order valence-electron chi connectivity index (χ4n) is 1.47. The molecule has 0 amide bonds. The van der Waals surface area contributed by atoms with Gasteiger partial charge < -0.3 is 14.8 Å². The second-order valence-corrected chi connectivity index (χ2v) is 6.52. The molecule has 1 aromatic rings. The number of methoxy groups -OCH3 is 1. The number of halogens is 1. The van der Waals surface area contributed by atoms with E-state index in [4.69, 9.17) is 9.47 Å². The van der Waals surface area contributed by atoms with Gasteiger partial charge in [0.2, 0.25) is 0 Å². The summed E-state index contributed by atoms with van der Waals surface area (Å²) in [6, 6.07) is 5.95. The number of hydrogen-bond donors (Lipinski definition) is 1. The number of benzene rings is 1. The van der Waals surface area contributed by atoms with E-state index in [1.807, 2.05) is 18.2 Å². The van der Waals surface area contributed by atoms with Gasteiger partial charge in [-0.15, -0.1) is 0 Å². The van der Waals surface area contributed by atoms with Crippen molar-refractivity contribution in [2.24, 2.45) is 0 Å². The van der Waals surface area contributed by atoms with Gasteiger partial charge in [-0.1, -0.05) is 28.6 Å². The molecule has 0 atom stereocenters. The Bertz CT molecular complexity index is 438. The second-order valence-electron chi connectivity index (χ2n) is 5.39. The van der Waals surface area contributed by atoms with Crippen molar-refractivity contribution in [3.05, 3.63) is 34.8 Å². The van der Waals surface area contributed by atoms with E-state index in [2.05, 4.69) is 48.6 Å². The molecule has 0 aliphatic heterocycles. The molecule has 0 radical (unpaired) electrons. The van der Waals surface area contributed by atoms with Crippen LogP contribution in [0.25, 0.3) is 0 Å². The van der Waals surface area contributed by atoms with Crippen LogP contribution in [0.1, 0.15) is 26.3 Å². The minimum atomic E-state index is 0.0884. The maximum absolute atomic E-state index is 5.66. The summed E-state index contributed by atoms with van der Waals surface area (Å²) in [6.45, 7) is 11.4. The minimum Gasteiger partial charge on any atom is -0.493 e. The SMILES string of the molecule is C=C(Br)COc1cc(CNC(C)(C)C)ccc1OC. The van der Waals surface area contributed by atoms with E-state index in [9.17, 15) is 0 Å². The van der Waals surface area contributed by atoms with Crippen LogP contribution in [0.3, 0.4) is 0 Å². The molecule has 0 aromatic heterocycles. The standard InChI is InChI=1S/C15H22BrNO2/c1-11(16)10-19-14-8-12(6-7-13(14)18-5)9-17-15(2,3)4/h6-8,17H,1,9-10H2,2-5H3. The van der Waals surface area contributed by atoms with Crippen LogP contribution in [0.4, 0.5) is 0 Å². The summed E-state index contributed by atoms with van der Waals surface area (Å²) >= 11 is 3.28. The zero-order valence-corrected chi connectivity index (χ0v) is 13.6. The lowest BCUT2D eigenvalue weighted by atomic mass is 10.1. The Kier molecular flexibility index (Phi) is 5.88. The molecule has 4 heteroatoms. The Labute approximate surface area is 124 Å².